The third-order valence-electron chi connectivity index (χ3n) is 7.01. The van der Waals surface area contributed by atoms with Gasteiger partial charge in [0.15, 0.2) is 0 Å². The van der Waals surface area contributed by atoms with E-state index in [0.29, 0.717) is 17.6 Å². The Balaban J connectivity index is 1.70. The average Bonchev–Trinajstić information content (AvgIpc) is 2.91. The zero-order chi connectivity index (χ0) is 15.3. The number of ketones is 1. The van der Waals surface area contributed by atoms with Crippen LogP contribution in [0.25, 0.3) is 0 Å². The van der Waals surface area contributed by atoms with Gasteiger partial charge in [0, 0.05) is 11.8 Å². The standard InChI is InChI=1S/C20H26O2/c1-3-20-11-10-16-15-7-5-14(22-2)12-13(15)4-6-17(16)18(20)8-9-19(20)21/h5,7,12,16-18H,3-4,6,8-11H2,1-2H3/t16-,17-,18-,20+/m1/s1. The largest absolute Gasteiger partial charge is 0.497 e. The summed E-state index contributed by atoms with van der Waals surface area (Å²) in [7, 11) is 1.74. The highest BCUT2D eigenvalue weighted by Gasteiger charge is 2.56. The molecule has 0 aromatic heterocycles. The van der Waals surface area contributed by atoms with Gasteiger partial charge in [-0.15, -0.1) is 0 Å². The maximum atomic E-state index is 12.5. The van der Waals surface area contributed by atoms with Crippen LogP contribution in [0.15, 0.2) is 18.2 Å². The molecule has 0 N–H and O–H groups in total. The van der Waals surface area contributed by atoms with Crippen LogP contribution in [0.1, 0.15) is 62.5 Å². The van der Waals surface area contributed by atoms with E-state index >= 15 is 0 Å². The highest BCUT2D eigenvalue weighted by molar-refractivity contribution is 5.87. The molecule has 22 heavy (non-hydrogen) atoms. The number of hydrogen-bond donors (Lipinski definition) is 0. The van der Waals surface area contributed by atoms with Crippen LogP contribution in [-0.2, 0) is 11.2 Å². The van der Waals surface area contributed by atoms with Crippen molar-refractivity contribution in [1.29, 1.82) is 0 Å². The molecule has 2 nitrogen and oxygen atoms in total. The van der Waals surface area contributed by atoms with Crippen molar-refractivity contribution in [3.05, 3.63) is 29.3 Å². The molecule has 4 atom stereocenters. The minimum Gasteiger partial charge on any atom is -0.497 e. The first-order valence-corrected chi connectivity index (χ1v) is 8.89. The van der Waals surface area contributed by atoms with Gasteiger partial charge in [0.2, 0.25) is 0 Å². The molecule has 4 rings (SSSR count). The highest BCUT2D eigenvalue weighted by Crippen LogP contribution is 2.61. The van der Waals surface area contributed by atoms with Crippen LogP contribution < -0.4 is 4.74 Å². The van der Waals surface area contributed by atoms with Crippen LogP contribution in [0.2, 0.25) is 0 Å². The van der Waals surface area contributed by atoms with Gasteiger partial charge in [0.25, 0.3) is 0 Å². The quantitative estimate of drug-likeness (QED) is 0.803. The van der Waals surface area contributed by atoms with Crippen molar-refractivity contribution in [3.8, 4) is 5.75 Å². The van der Waals surface area contributed by atoms with Crippen molar-refractivity contribution in [3.63, 3.8) is 0 Å². The van der Waals surface area contributed by atoms with Crippen molar-refractivity contribution in [2.45, 2.75) is 57.8 Å². The van der Waals surface area contributed by atoms with Crippen molar-refractivity contribution < 1.29 is 9.53 Å². The second kappa shape index (κ2) is 5.11. The zero-order valence-corrected chi connectivity index (χ0v) is 13.7. The molecule has 0 spiro atoms. The SMILES string of the molecule is CC[C@]12CC[C@@H]3c4ccc(OC)cc4CC[C@H]3[C@H]1CCC2=O. The summed E-state index contributed by atoms with van der Waals surface area (Å²) in [4.78, 5) is 12.5. The average molecular weight is 298 g/mol. The summed E-state index contributed by atoms with van der Waals surface area (Å²) in [6.45, 7) is 2.23. The van der Waals surface area contributed by atoms with Gasteiger partial charge in [0.1, 0.15) is 11.5 Å². The molecule has 3 aliphatic carbocycles. The second-order valence-electron chi connectivity index (χ2n) is 7.49. The van der Waals surface area contributed by atoms with Crippen molar-refractivity contribution in [2.24, 2.45) is 17.3 Å². The molecule has 0 heterocycles. The number of ether oxygens (including phenoxy) is 1. The highest BCUT2D eigenvalue weighted by atomic mass is 16.5. The Kier molecular flexibility index (Phi) is 3.32. The van der Waals surface area contributed by atoms with Crippen LogP contribution in [0.5, 0.6) is 5.75 Å². The van der Waals surface area contributed by atoms with Gasteiger partial charge in [-0.3, -0.25) is 4.79 Å². The number of hydrogen-bond acceptors (Lipinski definition) is 2. The number of aryl methyl sites for hydroxylation is 1. The molecule has 0 aliphatic heterocycles. The summed E-state index contributed by atoms with van der Waals surface area (Å²) in [5.74, 6) is 3.58. The minimum atomic E-state index is 0.0329. The Morgan fingerprint density at radius 1 is 1.23 bits per heavy atom. The number of fused-ring (bicyclic) bond motifs is 5. The molecule has 1 aromatic rings. The summed E-state index contributed by atoms with van der Waals surface area (Å²) in [6, 6.07) is 6.64. The maximum Gasteiger partial charge on any atom is 0.139 e. The molecule has 2 fully saturated rings. The van der Waals surface area contributed by atoms with Gasteiger partial charge in [0.05, 0.1) is 7.11 Å². The van der Waals surface area contributed by atoms with E-state index in [-0.39, 0.29) is 5.41 Å². The Hall–Kier alpha value is -1.31. The molecule has 0 saturated heterocycles. The Morgan fingerprint density at radius 3 is 2.86 bits per heavy atom. The first kappa shape index (κ1) is 14.3. The number of methoxy groups -OCH3 is 1. The van der Waals surface area contributed by atoms with E-state index in [2.05, 4.69) is 25.1 Å². The summed E-state index contributed by atoms with van der Waals surface area (Å²) in [5.41, 5.74) is 3.06. The van der Waals surface area contributed by atoms with E-state index < -0.39 is 0 Å². The van der Waals surface area contributed by atoms with Gasteiger partial charge in [-0.25, -0.2) is 0 Å². The molecule has 0 radical (unpaired) electrons. The minimum absolute atomic E-state index is 0.0329. The predicted molar refractivity (Wildman–Crippen MR) is 87.2 cm³/mol. The molecule has 2 saturated carbocycles. The second-order valence-corrected chi connectivity index (χ2v) is 7.49. The third kappa shape index (κ3) is 1.82. The van der Waals surface area contributed by atoms with Gasteiger partial charge in [-0.2, -0.15) is 0 Å². The monoisotopic (exact) mass is 298 g/mol. The number of rotatable bonds is 2. The van der Waals surface area contributed by atoms with Crippen LogP contribution in [-0.4, -0.2) is 12.9 Å². The Bertz CT molecular complexity index is 606. The van der Waals surface area contributed by atoms with E-state index in [1.54, 1.807) is 12.7 Å². The van der Waals surface area contributed by atoms with E-state index in [0.717, 1.165) is 43.8 Å². The molecule has 0 amide bonds. The topological polar surface area (TPSA) is 26.3 Å². The van der Waals surface area contributed by atoms with Crippen LogP contribution in [0.3, 0.4) is 0 Å². The van der Waals surface area contributed by atoms with Crippen LogP contribution in [0.4, 0.5) is 0 Å². The lowest BCUT2D eigenvalue weighted by Crippen LogP contribution is -2.44. The summed E-state index contributed by atoms with van der Waals surface area (Å²) in [6.07, 6.45) is 7.73. The number of Topliss-reactive ketones (excluding diaryl/α,β-unsaturated/α-hetero) is 1. The van der Waals surface area contributed by atoms with Gasteiger partial charge >= 0.3 is 0 Å². The molecule has 1 aromatic carbocycles. The van der Waals surface area contributed by atoms with Crippen molar-refractivity contribution in [1.82, 2.24) is 0 Å². The van der Waals surface area contributed by atoms with E-state index in [1.807, 2.05) is 0 Å². The summed E-state index contributed by atoms with van der Waals surface area (Å²) < 4.78 is 5.39. The molecule has 118 valence electrons. The molecular weight excluding hydrogens is 272 g/mol. The summed E-state index contributed by atoms with van der Waals surface area (Å²) in [5, 5.41) is 0. The third-order valence-corrected chi connectivity index (χ3v) is 7.01. The van der Waals surface area contributed by atoms with Gasteiger partial charge < -0.3 is 4.74 Å². The molecule has 0 unspecified atom stereocenters. The van der Waals surface area contributed by atoms with E-state index in [9.17, 15) is 4.79 Å². The molecule has 2 heteroatoms. The Morgan fingerprint density at radius 2 is 2.09 bits per heavy atom. The molecule has 0 bridgehead atoms. The maximum absolute atomic E-state index is 12.5. The summed E-state index contributed by atoms with van der Waals surface area (Å²) >= 11 is 0. The predicted octanol–water partition coefficient (Wildman–Crippen LogP) is 4.51. The molecular formula is C20H26O2. The fourth-order valence-electron chi connectivity index (χ4n) is 5.91. The van der Waals surface area contributed by atoms with Crippen molar-refractivity contribution >= 4 is 5.78 Å². The number of carbonyl (C=O) groups is 1. The first-order valence-electron chi connectivity index (χ1n) is 8.89. The normalized spacial score (nSPS) is 36.5. The Labute approximate surface area is 133 Å². The number of carbonyl (C=O) groups excluding carboxylic acids is 1. The van der Waals surface area contributed by atoms with Crippen molar-refractivity contribution in [2.75, 3.05) is 7.11 Å². The smallest absolute Gasteiger partial charge is 0.139 e. The lowest BCUT2D eigenvalue weighted by Gasteiger charge is -2.49. The molecule has 3 aliphatic rings. The van der Waals surface area contributed by atoms with E-state index in [4.69, 9.17) is 4.74 Å². The lowest BCUT2D eigenvalue weighted by atomic mass is 9.54. The van der Waals surface area contributed by atoms with Gasteiger partial charge in [-0.05, 0) is 79.5 Å². The van der Waals surface area contributed by atoms with Crippen LogP contribution in [0, 0.1) is 17.3 Å². The van der Waals surface area contributed by atoms with Gasteiger partial charge in [-0.1, -0.05) is 13.0 Å². The van der Waals surface area contributed by atoms with Crippen LogP contribution >= 0.6 is 0 Å². The first-order chi connectivity index (χ1) is 10.7. The number of benzene rings is 1. The fraction of sp³-hybridized carbons (Fsp3) is 0.650. The fourth-order valence-corrected chi connectivity index (χ4v) is 5.91. The lowest BCUT2D eigenvalue weighted by molar-refractivity contribution is -0.131. The van der Waals surface area contributed by atoms with E-state index in [1.165, 1.54) is 18.4 Å². The zero-order valence-electron chi connectivity index (χ0n) is 13.7.